The Hall–Kier alpha value is -2.41. The predicted octanol–water partition coefficient (Wildman–Crippen LogP) is 2.20. The number of anilines is 1. The molecule has 24 heavy (non-hydrogen) atoms. The van der Waals surface area contributed by atoms with Crippen molar-refractivity contribution in [3.63, 3.8) is 0 Å². The molecule has 1 amide bonds. The van der Waals surface area contributed by atoms with Crippen LogP contribution >= 0.6 is 0 Å². The quantitative estimate of drug-likeness (QED) is 0.925. The van der Waals surface area contributed by atoms with Crippen molar-refractivity contribution < 1.29 is 14.1 Å². The molecule has 0 aliphatic carbocycles. The third-order valence-corrected chi connectivity index (χ3v) is 4.19. The highest BCUT2D eigenvalue weighted by atomic mass is 16.5. The fourth-order valence-electron chi connectivity index (χ4n) is 2.87. The lowest BCUT2D eigenvalue weighted by Crippen LogP contribution is -2.42. The van der Waals surface area contributed by atoms with Crippen LogP contribution in [-0.4, -0.2) is 47.7 Å². The molecule has 2 aromatic heterocycles. The summed E-state index contributed by atoms with van der Waals surface area (Å²) in [5.74, 6) is 1.29. The highest BCUT2D eigenvalue weighted by Crippen LogP contribution is 2.24. The number of carbonyl (C=O) groups is 1. The van der Waals surface area contributed by atoms with E-state index in [1.165, 1.54) is 0 Å². The minimum atomic E-state index is -0.235. The summed E-state index contributed by atoms with van der Waals surface area (Å²) in [7, 11) is 1.82. The summed E-state index contributed by atoms with van der Waals surface area (Å²) in [4.78, 5) is 19.2. The predicted molar refractivity (Wildman–Crippen MR) is 89.0 cm³/mol. The number of hydrogen-bond acceptors (Lipinski definition) is 6. The SMILES string of the molecule is CCc1noc(C)c1C(=O)N1CCO[C@H](c2cccc(NC)n2)C1. The molecule has 0 spiro atoms. The van der Waals surface area contributed by atoms with Crippen molar-refractivity contribution in [2.45, 2.75) is 26.4 Å². The molecule has 1 saturated heterocycles. The first-order valence-corrected chi connectivity index (χ1v) is 8.14. The lowest BCUT2D eigenvalue weighted by molar-refractivity contribution is -0.0247. The molecule has 1 aliphatic heterocycles. The molecule has 0 radical (unpaired) electrons. The van der Waals surface area contributed by atoms with Crippen LogP contribution in [0.5, 0.6) is 0 Å². The van der Waals surface area contributed by atoms with Crippen molar-refractivity contribution in [3.8, 4) is 0 Å². The molecule has 0 unspecified atom stereocenters. The summed E-state index contributed by atoms with van der Waals surface area (Å²) in [6.45, 7) is 5.23. The van der Waals surface area contributed by atoms with E-state index in [1.807, 2.05) is 32.2 Å². The van der Waals surface area contributed by atoms with Gasteiger partial charge in [-0.15, -0.1) is 0 Å². The van der Waals surface area contributed by atoms with Gasteiger partial charge in [0.25, 0.3) is 5.91 Å². The van der Waals surface area contributed by atoms with Gasteiger partial charge in [0.15, 0.2) is 0 Å². The van der Waals surface area contributed by atoms with Crippen LogP contribution in [0.25, 0.3) is 0 Å². The van der Waals surface area contributed by atoms with Gasteiger partial charge < -0.3 is 19.5 Å². The number of carbonyl (C=O) groups excluding carboxylic acids is 1. The topological polar surface area (TPSA) is 80.5 Å². The first-order valence-electron chi connectivity index (χ1n) is 8.14. The van der Waals surface area contributed by atoms with E-state index in [0.717, 1.165) is 11.5 Å². The van der Waals surface area contributed by atoms with Gasteiger partial charge in [-0.1, -0.05) is 18.1 Å². The Kier molecular flexibility index (Phi) is 4.80. The van der Waals surface area contributed by atoms with E-state index in [0.29, 0.717) is 43.1 Å². The second kappa shape index (κ2) is 7.00. The maximum Gasteiger partial charge on any atom is 0.259 e. The number of morpholine rings is 1. The van der Waals surface area contributed by atoms with Crippen LogP contribution in [0, 0.1) is 6.92 Å². The zero-order valence-corrected chi connectivity index (χ0v) is 14.2. The zero-order chi connectivity index (χ0) is 17.1. The Morgan fingerprint density at radius 1 is 1.46 bits per heavy atom. The number of rotatable bonds is 4. The third kappa shape index (κ3) is 3.12. The maximum atomic E-state index is 12.9. The van der Waals surface area contributed by atoms with Crippen LogP contribution in [0.3, 0.4) is 0 Å². The van der Waals surface area contributed by atoms with Crippen LogP contribution in [0.15, 0.2) is 22.7 Å². The van der Waals surface area contributed by atoms with Gasteiger partial charge in [-0.05, 0) is 25.5 Å². The molecule has 3 heterocycles. The van der Waals surface area contributed by atoms with E-state index in [4.69, 9.17) is 9.26 Å². The first kappa shape index (κ1) is 16.4. The minimum absolute atomic E-state index is 0.0522. The molecule has 1 atom stereocenters. The molecular formula is C17H22N4O3. The fourth-order valence-corrected chi connectivity index (χ4v) is 2.87. The standard InChI is InChI=1S/C17H22N4O3/c1-4-12-16(11(2)24-20-12)17(22)21-8-9-23-14(10-21)13-6-5-7-15(18-3)19-13/h5-7,14H,4,8-10H2,1-3H3,(H,18,19)/t14-/m0/s1. The molecule has 0 saturated carbocycles. The number of aromatic nitrogens is 2. The Balaban J connectivity index is 1.80. The molecule has 1 N–H and O–H groups in total. The molecule has 1 fully saturated rings. The summed E-state index contributed by atoms with van der Waals surface area (Å²) in [6.07, 6.45) is 0.430. The van der Waals surface area contributed by atoms with Gasteiger partial charge in [0.1, 0.15) is 23.2 Å². The number of nitrogens with zero attached hydrogens (tertiary/aromatic N) is 3. The maximum absolute atomic E-state index is 12.9. The van der Waals surface area contributed by atoms with Crippen LogP contribution < -0.4 is 5.32 Å². The Morgan fingerprint density at radius 2 is 2.29 bits per heavy atom. The van der Waals surface area contributed by atoms with E-state index < -0.39 is 0 Å². The second-order valence-corrected chi connectivity index (χ2v) is 5.72. The number of aryl methyl sites for hydroxylation is 2. The second-order valence-electron chi connectivity index (χ2n) is 5.72. The van der Waals surface area contributed by atoms with Crippen molar-refractivity contribution in [1.82, 2.24) is 15.0 Å². The molecular weight excluding hydrogens is 308 g/mol. The van der Waals surface area contributed by atoms with Crippen molar-refractivity contribution in [1.29, 1.82) is 0 Å². The molecule has 0 bridgehead atoms. The highest BCUT2D eigenvalue weighted by molar-refractivity contribution is 5.96. The monoisotopic (exact) mass is 330 g/mol. The molecule has 7 nitrogen and oxygen atoms in total. The van der Waals surface area contributed by atoms with E-state index in [2.05, 4.69) is 15.5 Å². The smallest absolute Gasteiger partial charge is 0.259 e. The summed E-state index contributed by atoms with van der Waals surface area (Å²) in [5, 5.41) is 6.99. The molecule has 7 heteroatoms. The number of ether oxygens (including phenoxy) is 1. The lowest BCUT2D eigenvalue weighted by Gasteiger charge is -2.32. The summed E-state index contributed by atoms with van der Waals surface area (Å²) in [5.41, 5.74) is 2.10. The van der Waals surface area contributed by atoms with Crippen LogP contribution in [0.1, 0.15) is 40.5 Å². The van der Waals surface area contributed by atoms with E-state index in [1.54, 1.807) is 11.8 Å². The van der Waals surface area contributed by atoms with Crippen molar-refractivity contribution in [2.24, 2.45) is 0 Å². The van der Waals surface area contributed by atoms with Gasteiger partial charge in [0, 0.05) is 13.6 Å². The van der Waals surface area contributed by atoms with E-state index in [-0.39, 0.29) is 12.0 Å². The lowest BCUT2D eigenvalue weighted by atomic mass is 10.1. The van der Waals surface area contributed by atoms with Crippen LogP contribution in [-0.2, 0) is 11.2 Å². The van der Waals surface area contributed by atoms with E-state index in [9.17, 15) is 4.79 Å². The Morgan fingerprint density at radius 3 is 3.04 bits per heavy atom. The molecule has 0 aromatic carbocycles. The number of nitrogens with one attached hydrogen (secondary N) is 1. The van der Waals surface area contributed by atoms with Crippen molar-refractivity contribution in [2.75, 3.05) is 32.1 Å². The van der Waals surface area contributed by atoms with Crippen LogP contribution in [0.4, 0.5) is 5.82 Å². The van der Waals surface area contributed by atoms with E-state index >= 15 is 0 Å². The molecule has 2 aromatic rings. The molecule has 3 rings (SSSR count). The molecule has 128 valence electrons. The fraction of sp³-hybridized carbons (Fsp3) is 0.471. The van der Waals surface area contributed by atoms with Crippen molar-refractivity contribution in [3.05, 3.63) is 40.9 Å². The Labute approximate surface area is 141 Å². The largest absolute Gasteiger partial charge is 0.373 e. The first-order chi connectivity index (χ1) is 11.6. The van der Waals surface area contributed by atoms with Gasteiger partial charge in [-0.3, -0.25) is 4.79 Å². The minimum Gasteiger partial charge on any atom is -0.373 e. The number of pyridine rings is 1. The van der Waals surface area contributed by atoms with Gasteiger partial charge in [0.05, 0.1) is 24.5 Å². The van der Waals surface area contributed by atoms with Gasteiger partial charge in [-0.25, -0.2) is 4.98 Å². The van der Waals surface area contributed by atoms with Crippen molar-refractivity contribution >= 4 is 11.7 Å². The van der Waals surface area contributed by atoms with Gasteiger partial charge in [0.2, 0.25) is 0 Å². The Bertz CT molecular complexity index is 728. The summed E-state index contributed by atoms with van der Waals surface area (Å²) < 4.78 is 11.0. The number of hydrogen-bond donors (Lipinski definition) is 1. The van der Waals surface area contributed by atoms with Gasteiger partial charge in [-0.2, -0.15) is 0 Å². The summed E-state index contributed by atoms with van der Waals surface area (Å²) in [6, 6.07) is 5.74. The van der Waals surface area contributed by atoms with Gasteiger partial charge >= 0.3 is 0 Å². The highest BCUT2D eigenvalue weighted by Gasteiger charge is 2.30. The normalized spacial score (nSPS) is 17.8. The average Bonchev–Trinajstić information content (AvgIpc) is 3.02. The molecule has 1 aliphatic rings. The number of amides is 1. The average molecular weight is 330 g/mol. The zero-order valence-electron chi connectivity index (χ0n) is 14.2. The third-order valence-electron chi connectivity index (χ3n) is 4.19. The summed E-state index contributed by atoms with van der Waals surface area (Å²) >= 11 is 0. The van der Waals surface area contributed by atoms with Crippen LogP contribution in [0.2, 0.25) is 0 Å².